The lowest BCUT2D eigenvalue weighted by Gasteiger charge is -2.24. The quantitative estimate of drug-likeness (QED) is 0.167. The second-order valence-corrected chi connectivity index (χ2v) is 9.60. The van der Waals surface area contributed by atoms with E-state index < -0.39 is 0 Å². The number of nitrogens with zero attached hydrogens (tertiary/aromatic N) is 4. The summed E-state index contributed by atoms with van der Waals surface area (Å²) in [5, 5.41) is 3.32. The predicted molar refractivity (Wildman–Crippen MR) is 159 cm³/mol. The molecule has 0 aliphatic rings. The molecule has 3 aromatic carbocycles. The lowest BCUT2D eigenvalue weighted by Crippen LogP contribution is -2.25. The van der Waals surface area contributed by atoms with Gasteiger partial charge in [0.05, 0.1) is 0 Å². The largest absolute Gasteiger partial charge is 0.368 e. The number of nitrogens with one attached hydrogen (secondary N) is 1. The van der Waals surface area contributed by atoms with Gasteiger partial charge in [-0.1, -0.05) is 72.8 Å². The van der Waals surface area contributed by atoms with E-state index in [0.29, 0.717) is 51.2 Å². The van der Waals surface area contributed by atoms with Crippen molar-refractivity contribution < 1.29 is 0 Å². The van der Waals surface area contributed by atoms with Gasteiger partial charge in [0.15, 0.2) is 0 Å². The Balaban J connectivity index is 1.60. The van der Waals surface area contributed by atoms with E-state index in [1.165, 1.54) is 16.7 Å². The molecule has 0 bridgehead atoms. The highest BCUT2D eigenvalue weighted by Gasteiger charge is 2.15. The van der Waals surface area contributed by atoms with E-state index in [0.717, 1.165) is 36.0 Å². The number of nitrogen functional groups attached to an aromatic ring is 1. The van der Waals surface area contributed by atoms with Crippen LogP contribution in [-0.2, 0) is 38.9 Å². The molecule has 9 heteroatoms. The Kier molecular flexibility index (Phi) is 10.2. The van der Waals surface area contributed by atoms with E-state index in [-0.39, 0.29) is 5.95 Å². The van der Waals surface area contributed by atoms with Gasteiger partial charge in [-0.3, -0.25) is 0 Å². The number of rotatable bonds is 14. The molecule has 4 aromatic rings. The van der Waals surface area contributed by atoms with Gasteiger partial charge in [0.25, 0.3) is 0 Å². The smallest absolute Gasteiger partial charge is 0.232 e. The Morgan fingerprint density at radius 2 is 1.05 bits per heavy atom. The number of hydrogen-bond donors (Lipinski definition) is 5. The summed E-state index contributed by atoms with van der Waals surface area (Å²) < 4.78 is 0. The summed E-state index contributed by atoms with van der Waals surface area (Å²) in [6.07, 6.45) is 2.49. The highest BCUT2D eigenvalue weighted by Crippen LogP contribution is 2.21. The molecule has 1 heterocycles. The van der Waals surface area contributed by atoms with Crippen molar-refractivity contribution in [3.63, 3.8) is 0 Å². The van der Waals surface area contributed by atoms with Gasteiger partial charge in [0, 0.05) is 19.6 Å². The van der Waals surface area contributed by atoms with Gasteiger partial charge in [-0.05, 0) is 72.3 Å². The molecule has 0 aliphatic heterocycles. The summed E-state index contributed by atoms with van der Waals surface area (Å²) >= 11 is 0. The first-order valence-electron chi connectivity index (χ1n) is 13.4. The number of benzene rings is 3. The van der Waals surface area contributed by atoms with Crippen molar-refractivity contribution in [2.45, 2.75) is 38.9 Å². The molecule has 9 nitrogen and oxygen atoms in total. The van der Waals surface area contributed by atoms with Crippen LogP contribution in [0.25, 0.3) is 0 Å². The minimum absolute atomic E-state index is 0.165. The van der Waals surface area contributed by atoms with Crippen LogP contribution in [-0.4, -0.2) is 34.6 Å². The fraction of sp³-hybridized carbons (Fsp3) is 0.300. The Bertz CT molecular complexity index is 1290. The minimum Gasteiger partial charge on any atom is -0.368 e. The Labute approximate surface area is 230 Å². The molecule has 4 rings (SSSR count). The van der Waals surface area contributed by atoms with Gasteiger partial charge in [0.1, 0.15) is 0 Å². The van der Waals surface area contributed by atoms with E-state index in [2.05, 4.69) is 86.9 Å². The normalized spacial score (nSPS) is 10.9. The fourth-order valence-electron chi connectivity index (χ4n) is 4.58. The van der Waals surface area contributed by atoms with Gasteiger partial charge < -0.3 is 33.2 Å². The number of hydrogen-bond acceptors (Lipinski definition) is 9. The van der Waals surface area contributed by atoms with E-state index in [1.54, 1.807) is 0 Å². The van der Waals surface area contributed by atoms with Crippen molar-refractivity contribution in [1.82, 2.24) is 15.0 Å². The maximum absolute atomic E-state index is 6.17. The summed E-state index contributed by atoms with van der Waals surface area (Å²) in [5.41, 5.74) is 30.5. The highest BCUT2D eigenvalue weighted by molar-refractivity contribution is 5.44. The van der Waals surface area contributed by atoms with Crippen LogP contribution in [0.5, 0.6) is 0 Å². The zero-order valence-corrected chi connectivity index (χ0v) is 22.4. The topological polar surface area (TPSA) is 158 Å². The minimum atomic E-state index is 0.165. The molecule has 0 saturated carbocycles. The fourth-order valence-corrected chi connectivity index (χ4v) is 4.58. The second kappa shape index (κ2) is 14.2. The average Bonchev–Trinajstić information content (AvgIpc) is 2.93. The van der Waals surface area contributed by atoms with E-state index in [9.17, 15) is 0 Å². The summed E-state index contributed by atoms with van der Waals surface area (Å²) in [5.74, 6) is 1.11. The average molecular weight is 526 g/mol. The molecule has 0 aliphatic carbocycles. The number of aromatic nitrogens is 3. The highest BCUT2D eigenvalue weighted by atomic mass is 15.3. The van der Waals surface area contributed by atoms with E-state index >= 15 is 0 Å². The van der Waals surface area contributed by atoms with Crippen LogP contribution in [0.15, 0.2) is 72.8 Å². The van der Waals surface area contributed by atoms with Crippen LogP contribution >= 0.6 is 0 Å². The van der Waals surface area contributed by atoms with Gasteiger partial charge in [0.2, 0.25) is 17.8 Å². The van der Waals surface area contributed by atoms with Crippen molar-refractivity contribution in [2.24, 2.45) is 17.2 Å². The molecule has 0 amide bonds. The van der Waals surface area contributed by atoms with Crippen molar-refractivity contribution in [3.8, 4) is 0 Å². The van der Waals surface area contributed by atoms with Gasteiger partial charge >= 0.3 is 0 Å². The van der Waals surface area contributed by atoms with Crippen molar-refractivity contribution >= 4 is 17.8 Å². The molecule has 39 heavy (non-hydrogen) atoms. The third-order valence-corrected chi connectivity index (χ3v) is 6.39. The van der Waals surface area contributed by atoms with Crippen LogP contribution in [0, 0.1) is 0 Å². The van der Waals surface area contributed by atoms with Gasteiger partial charge in [-0.25, -0.2) is 0 Å². The van der Waals surface area contributed by atoms with Crippen LogP contribution in [0.1, 0.15) is 33.4 Å². The summed E-state index contributed by atoms with van der Waals surface area (Å²) in [4.78, 5) is 15.8. The molecule has 0 unspecified atom stereocenters. The van der Waals surface area contributed by atoms with Crippen LogP contribution in [0.4, 0.5) is 17.8 Å². The van der Waals surface area contributed by atoms with E-state index in [1.807, 2.05) is 6.07 Å². The SMILES string of the molecule is NCCc1cccc(CNc2nc(N)nc(N(Cc3cccc(CCN)c3)Cc3cccc(CCN)c3)n2)c1. The molecule has 9 N–H and O–H groups in total. The zero-order chi connectivity index (χ0) is 27.5. The number of nitrogens with two attached hydrogens (primary N) is 4. The maximum Gasteiger partial charge on any atom is 0.232 e. The lowest BCUT2D eigenvalue weighted by molar-refractivity contribution is 0.757. The monoisotopic (exact) mass is 525 g/mol. The first-order chi connectivity index (χ1) is 19.1. The third kappa shape index (κ3) is 8.47. The van der Waals surface area contributed by atoms with Crippen molar-refractivity contribution in [1.29, 1.82) is 0 Å². The summed E-state index contributed by atoms with van der Waals surface area (Å²) in [6, 6.07) is 25.2. The first-order valence-corrected chi connectivity index (χ1v) is 13.4. The molecule has 1 aromatic heterocycles. The molecule has 0 saturated heterocycles. The Morgan fingerprint density at radius 1 is 0.590 bits per heavy atom. The third-order valence-electron chi connectivity index (χ3n) is 6.39. The van der Waals surface area contributed by atoms with Gasteiger partial charge in [-0.2, -0.15) is 15.0 Å². The summed E-state index contributed by atoms with van der Waals surface area (Å²) in [7, 11) is 0. The maximum atomic E-state index is 6.17. The Morgan fingerprint density at radius 3 is 1.56 bits per heavy atom. The first kappa shape index (κ1) is 28.0. The standard InChI is InChI=1S/C30H39N9/c31-13-10-22-4-1-7-25(16-22)19-35-29-36-28(34)37-30(38-29)39(20-26-8-2-5-23(17-26)11-14-32)21-27-9-3-6-24(18-27)12-15-33/h1-9,16-18H,10-15,19-21,31-33H2,(H3,34,35,36,37,38). The Hall–Kier alpha value is -4.05. The van der Waals surface area contributed by atoms with Crippen molar-refractivity contribution in [3.05, 3.63) is 106 Å². The van der Waals surface area contributed by atoms with Crippen molar-refractivity contribution in [2.75, 3.05) is 35.6 Å². The zero-order valence-electron chi connectivity index (χ0n) is 22.4. The summed E-state index contributed by atoms with van der Waals surface area (Å²) in [6.45, 7) is 3.59. The van der Waals surface area contributed by atoms with Gasteiger partial charge in [-0.15, -0.1) is 0 Å². The molecule has 0 radical (unpaired) electrons. The second-order valence-electron chi connectivity index (χ2n) is 9.60. The lowest BCUT2D eigenvalue weighted by atomic mass is 10.1. The van der Waals surface area contributed by atoms with Crippen LogP contribution in [0.3, 0.4) is 0 Å². The molecule has 204 valence electrons. The molecule has 0 fully saturated rings. The molecule has 0 spiro atoms. The predicted octanol–water partition coefficient (Wildman–Crippen LogP) is 2.78. The van der Waals surface area contributed by atoms with Crippen LogP contribution < -0.4 is 33.2 Å². The van der Waals surface area contributed by atoms with Crippen LogP contribution in [0.2, 0.25) is 0 Å². The molecular formula is C30H39N9. The van der Waals surface area contributed by atoms with E-state index in [4.69, 9.17) is 27.9 Å². The molecule has 0 atom stereocenters. The molecular weight excluding hydrogens is 486 g/mol. The number of anilines is 3.